The number of nitrogens with one attached hydrogen (secondary N) is 2. The van der Waals surface area contributed by atoms with Gasteiger partial charge >= 0.3 is 6.09 Å². The third-order valence-electron chi connectivity index (χ3n) is 4.87. The van der Waals surface area contributed by atoms with Gasteiger partial charge < -0.3 is 20.3 Å². The summed E-state index contributed by atoms with van der Waals surface area (Å²) >= 11 is 3.36. The number of ether oxygens (including phenoxy) is 1. The third kappa shape index (κ3) is 5.38. The molecule has 0 spiro atoms. The van der Waals surface area contributed by atoms with Crippen LogP contribution in [-0.4, -0.2) is 42.0 Å². The Kier molecular flexibility index (Phi) is 7.46. The maximum absolute atomic E-state index is 13.4. The Morgan fingerprint density at radius 3 is 2.50 bits per heavy atom. The molecule has 2 aromatic rings. The van der Waals surface area contributed by atoms with E-state index in [2.05, 4.69) is 26.6 Å². The molecule has 1 heterocycles. The van der Waals surface area contributed by atoms with Gasteiger partial charge in [0.15, 0.2) is 0 Å². The van der Waals surface area contributed by atoms with E-state index in [4.69, 9.17) is 4.74 Å². The van der Waals surface area contributed by atoms with Crippen LogP contribution in [0.25, 0.3) is 0 Å². The van der Waals surface area contributed by atoms with Crippen LogP contribution in [0.5, 0.6) is 0 Å². The van der Waals surface area contributed by atoms with Crippen LogP contribution in [-0.2, 0) is 14.3 Å². The molecule has 0 aromatic heterocycles. The molecule has 2 N–H and O–H groups in total. The molecule has 1 fully saturated rings. The van der Waals surface area contributed by atoms with Crippen molar-refractivity contribution in [1.82, 2.24) is 10.2 Å². The van der Waals surface area contributed by atoms with E-state index in [1.54, 1.807) is 43.3 Å². The van der Waals surface area contributed by atoms with Gasteiger partial charge in [-0.3, -0.25) is 9.59 Å². The Labute approximate surface area is 183 Å². The molecule has 3 amide bonds. The highest BCUT2D eigenvalue weighted by atomic mass is 79.9. The Hall–Kier alpha value is -2.87. The zero-order valence-corrected chi connectivity index (χ0v) is 18.2. The van der Waals surface area contributed by atoms with Crippen LogP contribution in [0.1, 0.15) is 31.4 Å². The second-order valence-electron chi connectivity index (χ2n) is 6.89. The molecule has 0 unspecified atom stereocenters. The number of benzene rings is 2. The average Bonchev–Trinajstić information content (AvgIpc) is 3.24. The van der Waals surface area contributed by atoms with E-state index >= 15 is 0 Å². The lowest BCUT2D eigenvalue weighted by molar-refractivity contribution is -0.138. The van der Waals surface area contributed by atoms with Gasteiger partial charge in [0.25, 0.3) is 5.91 Å². The van der Waals surface area contributed by atoms with Crippen LogP contribution in [0.4, 0.5) is 10.5 Å². The molecule has 0 bridgehead atoms. The number of amides is 3. The highest BCUT2D eigenvalue weighted by molar-refractivity contribution is 9.10. The molecule has 8 heteroatoms. The molecular weight excluding hydrogens is 450 g/mol. The number of hydrogen-bond donors (Lipinski definition) is 2. The summed E-state index contributed by atoms with van der Waals surface area (Å²) in [7, 11) is 0. The predicted molar refractivity (Wildman–Crippen MR) is 117 cm³/mol. The van der Waals surface area contributed by atoms with Crippen molar-refractivity contribution in [1.29, 1.82) is 0 Å². The van der Waals surface area contributed by atoms with Gasteiger partial charge in [-0.1, -0.05) is 46.3 Å². The van der Waals surface area contributed by atoms with Crippen LogP contribution < -0.4 is 10.6 Å². The van der Waals surface area contributed by atoms with Crippen LogP contribution in [0.3, 0.4) is 0 Å². The number of alkyl carbamates (subject to hydrolysis) is 1. The lowest BCUT2D eigenvalue weighted by atomic mass is 10.0. The summed E-state index contributed by atoms with van der Waals surface area (Å²) in [4.78, 5) is 39.8. The molecule has 1 aliphatic heterocycles. The first-order valence-electron chi connectivity index (χ1n) is 9.84. The van der Waals surface area contributed by atoms with Crippen molar-refractivity contribution in [2.45, 2.75) is 31.8 Å². The normalized spacial score (nSPS) is 16.6. The second kappa shape index (κ2) is 10.2. The second-order valence-corrected chi connectivity index (χ2v) is 7.81. The highest BCUT2D eigenvalue weighted by Gasteiger charge is 2.38. The van der Waals surface area contributed by atoms with Crippen LogP contribution >= 0.6 is 15.9 Å². The van der Waals surface area contributed by atoms with Crippen molar-refractivity contribution >= 4 is 39.5 Å². The van der Waals surface area contributed by atoms with Gasteiger partial charge in [-0.05, 0) is 49.6 Å². The van der Waals surface area contributed by atoms with Crippen molar-refractivity contribution in [2.24, 2.45) is 0 Å². The smallest absolute Gasteiger partial charge is 0.408 e. The molecule has 1 saturated heterocycles. The van der Waals surface area contributed by atoms with Gasteiger partial charge in [-0.15, -0.1) is 0 Å². The minimum Gasteiger partial charge on any atom is -0.450 e. The van der Waals surface area contributed by atoms with Gasteiger partial charge in [-0.25, -0.2) is 4.79 Å². The van der Waals surface area contributed by atoms with Crippen molar-refractivity contribution in [3.8, 4) is 0 Å². The minimum absolute atomic E-state index is 0.198. The topological polar surface area (TPSA) is 87.7 Å². The molecule has 158 valence electrons. The zero-order valence-electron chi connectivity index (χ0n) is 16.6. The molecular formula is C22H24BrN3O4. The molecule has 3 rings (SSSR count). The van der Waals surface area contributed by atoms with E-state index in [9.17, 15) is 14.4 Å². The Balaban J connectivity index is 1.77. The number of carbonyl (C=O) groups excluding carboxylic acids is 3. The number of halogens is 1. The van der Waals surface area contributed by atoms with Crippen LogP contribution in [0.15, 0.2) is 59.1 Å². The van der Waals surface area contributed by atoms with E-state index in [1.807, 2.05) is 18.2 Å². The Morgan fingerprint density at radius 2 is 1.83 bits per heavy atom. The molecule has 30 heavy (non-hydrogen) atoms. The standard InChI is InChI=1S/C22H24BrN3O4/c1-2-30-22(29)25-19(15-7-4-3-5-8-15)21(28)26-14-6-9-18(26)20(27)24-17-12-10-16(23)11-13-17/h3-5,7-8,10-13,18-19H,2,6,9,14H2,1H3,(H,24,27)(H,25,29)/t18-,19+/m0/s1. The first-order chi connectivity index (χ1) is 14.5. The number of hydrogen-bond acceptors (Lipinski definition) is 4. The molecule has 0 radical (unpaired) electrons. The first-order valence-corrected chi connectivity index (χ1v) is 10.6. The van der Waals surface area contributed by atoms with Crippen molar-refractivity contribution in [3.05, 3.63) is 64.6 Å². The fourth-order valence-electron chi connectivity index (χ4n) is 3.45. The molecule has 0 saturated carbocycles. The summed E-state index contributed by atoms with van der Waals surface area (Å²) in [6.45, 7) is 2.34. The van der Waals surface area contributed by atoms with E-state index in [0.717, 1.165) is 4.47 Å². The quantitative estimate of drug-likeness (QED) is 0.666. The molecule has 7 nitrogen and oxygen atoms in total. The summed E-state index contributed by atoms with van der Waals surface area (Å²) < 4.78 is 5.88. The van der Waals surface area contributed by atoms with Crippen LogP contribution in [0.2, 0.25) is 0 Å². The van der Waals surface area contributed by atoms with Crippen LogP contribution in [0, 0.1) is 0 Å². The molecule has 0 aliphatic carbocycles. The fourth-order valence-corrected chi connectivity index (χ4v) is 3.72. The summed E-state index contributed by atoms with van der Waals surface area (Å²) in [6, 6.07) is 14.7. The maximum atomic E-state index is 13.4. The summed E-state index contributed by atoms with van der Waals surface area (Å²) in [5, 5.41) is 5.51. The van der Waals surface area contributed by atoms with E-state index in [0.29, 0.717) is 30.6 Å². The Bertz CT molecular complexity index is 889. The van der Waals surface area contributed by atoms with E-state index < -0.39 is 18.2 Å². The lowest BCUT2D eigenvalue weighted by Crippen LogP contribution is -2.48. The monoisotopic (exact) mass is 473 g/mol. The highest BCUT2D eigenvalue weighted by Crippen LogP contribution is 2.25. The predicted octanol–water partition coefficient (Wildman–Crippen LogP) is 3.87. The fraction of sp³-hybridized carbons (Fsp3) is 0.318. The lowest BCUT2D eigenvalue weighted by Gasteiger charge is -2.28. The van der Waals surface area contributed by atoms with Crippen molar-refractivity contribution in [3.63, 3.8) is 0 Å². The maximum Gasteiger partial charge on any atom is 0.408 e. The first kappa shape index (κ1) is 21.8. The summed E-state index contributed by atoms with van der Waals surface area (Å²) in [5.74, 6) is -0.575. The number of carbonyl (C=O) groups is 3. The van der Waals surface area contributed by atoms with Gasteiger partial charge in [-0.2, -0.15) is 0 Å². The third-order valence-corrected chi connectivity index (χ3v) is 5.40. The number of nitrogens with zero attached hydrogens (tertiary/aromatic N) is 1. The molecule has 2 aromatic carbocycles. The SMILES string of the molecule is CCOC(=O)N[C@@H](C(=O)N1CCC[C@H]1C(=O)Nc1ccc(Br)cc1)c1ccccc1. The summed E-state index contributed by atoms with van der Waals surface area (Å²) in [6.07, 6.45) is 0.606. The molecule has 2 atom stereocenters. The average molecular weight is 474 g/mol. The molecule has 1 aliphatic rings. The van der Waals surface area contributed by atoms with E-state index in [1.165, 1.54) is 4.90 Å². The van der Waals surface area contributed by atoms with Gasteiger partial charge in [0.05, 0.1) is 6.61 Å². The number of likely N-dealkylation sites (tertiary alicyclic amines) is 1. The minimum atomic E-state index is -0.925. The summed E-state index contributed by atoms with van der Waals surface area (Å²) in [5.41, 5.74) is 1.29. The largest absolute Gasteiger partial charge is 0.450 e. The number of rotatable bonds is 6. The zero-order chi connectivity index (χ0) is 21.5. The van der Waals surface area contributed by atoms with E-state index in [-0.39, 0.29) is 18.4 Å². The van der Waals surface area contributed by atoms with Gasteiger partial charge in [0.1, 0.15) is 12.1 Å². The van der Waals surface area contributed by atoms with Gasteiger partial charge in [0.2, 0.25) is 5.91 Å². The van der Waals surface area contributed by atoms with Gasteiger partial charge in [0, 0.05) is 16.7 Å². The Morgan fingerprint density at radius 1 is 1.13 bits per heavy atom. The number of anilines is 1. The van der Waals surface area contributed by atoms with Crippen molar-refractivity contribution in [2.75, 3.05) is 18.5 Å². The van der Waals surface area contributed by atoms with Crippen molar-refractivity contribution < 1.29 is 19.1 Å².